The molecular formula is C17H21N3O5. The van der Waals surface area contributed by atoms with E-state index in [0.29, 0.717) is 29.6 Å². The van der Waals surface area contributed by atoms with E-state index in [-0.39, 0.29) is 18.4 Å². The second-order valence-corrected chi connectivity index (χ2v) is 5.37. The third kappa shape index (κ3) is 4.72. The minimum absolute atomic E-state index is 0.144. The van der Waals surface area contributed by atoms with Crippen LogP contribution in [-0.2, 0) is 16.1 Å². The third-order valence-electron chi connectivity index (χ3n) is 3.51. The van der Waals surface area contributed by atoms with Gasteiger partial charge in [-0.15, -0.1) is 0 Å². The lowest BCUT2D eigenvalue weighted by atomic mass is 10.2. The Balaban J connectivity index is 1.98. The van der Waals surface area contributed by atoms with Crippen molar-refractivity contribution in [3.05, 3.63) is 35.6 Å². The lowest BCUT2D eigenvalue weighted by molar-refractivity contribution is -0.123. The summed E-state index contributed by atoms with van der Waals surface area (Å²) >= 11 is 0. The Morgan fingerprint density at radius 3 is 2.48 bits per heavy atom. The normalized spacial score (nSPS) is 10.2. The highest BCUT2D eigenvalue weighted by atomic mass is 16.5. The number of methoxy groups -OCH3 is 2. The third-order valence-corrected chi connectivity index (χ3v) is 3.51. The molecular weight excluding hydrogens is 326 g/mol. The maximum atomic E-state index is 12.2. The molecule has 2 aromatic rings. The molecule has 0 unspecified atom stereocenters. The highest BCUT2D eigenvalue weighted by molar-refractivity contribution is 5.96. The topological polar surface area (TPSA) is 93.9 Å². The van der Waals surface area contributed by atoms with E-state index in [1.54, 1.807) is 39.3 Å². The number of nitrogens with zero attached hydrogens (tertiary/aromatic N) is 2. The van der Waals surface area contributed by atoms with Gasteiger partial charge in [-0.1, -0.05) is 11.2 Å². The highest BCUT2D eigenvalue weighted by Crippen LogP contribution is 2.27. The first kappa shape index (κ1) is 18.3. The molecule has 8 heteroatoms. The molecule has 1 N–H and O–H groups in total. The van der Waals surface area contributed by atoms with Gasteiger partial charge < -0.3 is 19.3 Å². The molecule has 8 nitrogen and oxygen atoms in total. The first-order chi connectivity index (χ1) is 11.9. The molecule has 0 aliphatic carbocycles. The van der Waals surface area contributed by atoms with Crippen molar-refractivity contribution in [3.63, 3.8) is 0 Å². The van der Waals surface area contributed by atoms with Crippen LogP contribution >= 0.6 is 0 Å². The van der Waals surface area contributed by atoms with Crippen LogP contribution in [0, 0.1) is 6.92 Å². The smallest absolute Gasteiger partial charge is 0.240 e. The van der Waals surface area contributed by atoms with E-state index < -0.39 is 0 Å². The SMILES string of the molecule is COc1ccc(CNC(=O)CN(C(C)=O)c2cc(C)on2)cc1OC. The van der Waals surface area contributed by atoms with Gasteiger partial charge >= 0.3 is 0 Å². The minimum Gasteiger partial charge on any atom is -0.493 e. The summed E-state index contributed by atoms with van der Waals surface area (Å²) in [6.45, 7) is 3.23. The number of carbonyl (C=O) groups is 2. The molecule has 0 atom stereocenters. The van der Waals surface area contributed by atoms with Crippen LogP contribution in [0.4, 0.5) is 5.82 Å². The number of anilines is 1. The molecule has 25 heavy (non-hydrogen) atoms. The summed E-state index contributed by atoms with van der Waals surface area (Å²) < 4.78 is 15.4. The van der Waals surface area contributed by atoms with E-state index in [9.17, 15) is 9.59 Å². The van der Waals surface area contributed by atoms with E-state index in [1.807, 2.05) is 6.07 Å². The fourth-order valence-electron chi connectivity index (χ4n) is 2.22. The van der Waals surface area contributed by atoms with Crippen molar-refractivity contribution >= 4 is 17.6 Å². The number of hydrogen-bond acceptors (Lipinski definition) is 6. The fraction of sp³-hybridized carbons (Fsp3) is 0.353. The van der Waals surface area contributed by atoms with Crippen molar-refractivity contribution in [3.8, 4) is 11.5 Å². The van der Waals surface area contributed by atoms with Crippen LogP contribution in [0.5, 0.6) is 11.5 Å². The Kier molecular flexibility index (Phi) is 5.99. The van der Waals surface area contributed by atoms with Crippen molar-refractivity contribution in [1.82, 2.24) is 10.5 Å². The number of nitrogens with one attached hydrogen (secondary N) is 1. The monoisotopic (exact) mass is 347 g/mol. The average molecular weight is 347 g/mol. The van der Waals surface area contributed by atoms with Gasteiger partial charge in [0.1, 0.15) is 12.3 Å². The molecule has 2 amide bonds. The highest BCUT2D eigenvalue weighted by Gasteiger charge is 2.19. The van der Waals surface area contributed by atoms with Crippen LogP contribution in [0.1, 0.15) is 18.2 Å². The summed E-state index contributed by atoms with van der Waals surface area (Å²) in [6, 6.07) is 6.97. The molecule has 0 radical (unpaired) electrons. The predicted molar refractivity (Wildman–Crippen MR) is 90.7 cm³/mol. The van der Waals surface area contributed by atoms with E-state index in [4.69, 9.17) is 14.0 Å². The van der Waals surface area contributed by atoms with Crippen molar-refractivity contribution in [1.29, 1.82) is 0 Å². The Bertz CT molecular complexity index is 756. The largest absolute Gasteiger partial charge is 0.493 e. The predicted octanol–water partition coefficient (Wildman–Crippen LogP) is 1.67. The van der Waals surface area contributed by atoms with Gasteiger partial charge in [-0.3, -0.25) is 14.5 Å². The molecule has 0 fully saturated rings. The lowest BCUT2D eigenvalue weighted by Crippen LogP contribution is -2.39. The van der Waals surface area contributed by atoms with E-state index in [1.165, 1.54) is 11.8 Å². The number of carbonyl (C=O) groups excluding carboxylic acids is 2. The zero-order valence-corrected chi connectivity index (χ0v) is 14.7. The lowest BCUT2D eigenvalue weighted by Gasteiger charge is -2.17. The molecule has 1 heterocycles. The molecule has 1 aromatic heterocycles. The maximum Gasteiger partial charge on any atom is 0.240 e. The van der Waals surface area contributed by atoms with Crippen LogP contribution in [-0.4, -0.2) is 37.7 Å². The molecule has 0 saturated heterocycles. The summed E-state index contributed by atoms with van der Waals surface area (Å²) in [5.74, 6) is 1.46. The van der Waals surface area contributed by atoms with Crippen molar-refractivity contribution < 1.29 is 23.6 Å². The second kappa shape index (κ2) is 8.18. The average Bonchev–Trinajstić information content (AvgIpc) is 3.03. The molecule has 134 valence electrons. The Hall–Kier alpha value is -3.03. The van der Waals surface area contributed by atoms with Crippen molar-refractivity contribution in [2.75, 3.05) is 25.7 Å². The summed E-state index contributed by atoms with van der Waals surface area (Å²) in [4.78, 5) is 25.2. The summed E-state index contributed by atoms with van der Waals surface area (Å²) in [6.07, 6.45) is 0. The van der Waals surface area contributed by atoms with Gasteiger partial charge in [0.2, 0.25) is 11.8 Å². The van der Waals surface area contributed by atoms with Crippen LogP contribution in [0.3, 0.4) is 0 Å². The number of aryl methyl sites for hydroxylation is 1. The van der Waals surface area contributed by atoms with Gasteiger partial charge in [0.15, 0.2) is 17.3 Å². The van der Waals surface area contributed by atoms with Crippen LogP contribution in [0.2, 0.25) is 0 Å². The maximum absolute atomic E-state index is 12.2. The van der Waals surface area contributed by atoms with Gasteiger partial charge in [-0.2, -0.15) is 0 Å². The molecule has 0 bridgehead atoms. The van der Waals surface area contributed by atoms with Gasteiger partial charge in [-0.25, -0.2) is 0 Å². The first-order valence-corrected chi connectivity index (χ1v) is 7.63. The molecule has 0 spiro atoms. The summed E-state index contributed by atoms with van der Waals surface area (Å²) in [5, 5.41) is 6.53. The van der Waals surface area contributed by atoms with Gasteiger partial charge in [-0.05, 0) is 24.6 Å². The Labute approximate surface area is 145 Å². The molecule has 0 aliphatic heterocycles. The second-order valence-electron chi connectivity index (χ2n) is 5.37. The van der Waals surface area contributed by atoms with E-state index >= 15 is 0 Å². The number of rotatable bonds is 7. The number of aromatic nitrogens is 1. The quantitative estimate of drug-likeness (QED) is 0.819. The van der Waals surface area contributed by atoms with E-state index in [0.717, 1.165) is 5.56 Å². The number of benzene rings is 1. The summed E-state index contributed by atoms with van der Waals surface area (Å²) in [5.41, 5.74) is 0.845. The number of ether oxygens (including phenoxy) is 2. The zero-order valence-electron chi connectivity index (χ0n) is 14.7. The molecule has 1 aromatic carbocycles. The Morgan fingerprint density at radius 2 is 1.92 bits per heavy atom. The number of amides is 2. The van der Waals surface area contributed by atoms with Gasteiger partial charge in [0, 0.05) is 19.5 Å². The first-order valence-electron chi connectivity index (χ1n) is 7.63. The number of hydrogen-bond donors (Lipinski definition) is 1. The summed E-state index contributed by atoms with van der Waals surface area (Å²) in [7, 11) is 3.10. The Morgan fingerprint density at radius 1 is 1.20 bits per heavy atom. The fourth-order valence-corrected chi connectivity index (χ4v) is 2.22. The van der Waals surface area contributed by atoms with E-state index in [2.05, 4.69) is 10.5 Å². The van der Waals surface area contributed by atoms with Gasteiger partial charge in [0.25, 0.3) is 0 Å². The van der Waals surface area contributed by atoms with Crippen LogP contribution < -0.4 is 19.7 Å². The standard InChI is InChI=1S/C17H21N3O5/c1-11-7-16(19-25-11)20(12(2)21)10-17(22)18-9-13-5-6-14(23-3)15(8-13)24-4/h5-8H,9-10H2,1-4H3,(H,18,22). The zero-order chi connectivity index (χ0) is 18.4. The molecule has 0 saturated carbocycles. The van der Waals surface area contributed by atoms with Gasteiger partial charge in [0.05, 0.1) is 14.2 Å². The van der Waals surface area contributed by atoms with Crippen LogP contribution in [0.25, 0.3) is 0 Å². The van der Waals surface area contributed by atoms with Crippen molar-refractivity contribution in [2.45, 2.75) is 20.4 Å². The van der Waals surface area contributed by atoms with Crippen molar-refractivity contribution in [2.24, 2.45) is 0 Å². The minimum atomic E-state index is -0.314. The molecule has 0 aliphatic rings. The van der Waals surface area contributed by atoms with Crippen LogP contribution in [0.15, 0.2) is 28.8 Å². The molecule has 2 rings (SSSR count).